The first kappa shape index (κ1) is 19.9. The van der Waals surface area contributed by atoms with E-state index in [2.05, 4.69) is 5.10 Å². The summed E-state index contributed by atoms with van der Waals surface area (Å²) in [5, 5.41) is 13.4. The van der Waals surface area contributed by atoms with Crippen LogP contribution in [0.3, 0.4) is 0 Å². The molecule has 1 atom stereocenters. The molecule has 0 aliphatic carbocycles. The van der Waals surface area contributed by atoms with Crippen LogP contribution in [-0.2, 0) is 14.4 Å². The number of carboxylic acids is 1. The summed E-state index contributed by atoms with van der Waals surface area (Å²) < 4.78 is 1.83. The van der Waals surface area contributed by atoms with Crippen molar-refractivity contribution in [3.63, 3.8) is 0 Å². The van der Waals surface area contributed by atoms with E-state index in [4.69, 9.17) is 5.11 Å². The molecule has 0 saturated carbocycles. The van der Waals surface area contributed by atoms with Crippen molar-refractivity contribution in [1.82, 2.24) is 19.6 Å². The highest BCUT2D eigenvalue weighted by Gasteiger charge is 2.28. The smallest absolute Gasteiger partial charge is 0.306 e. The molecule has 1 aliphatic rings. The quantitative estimate of drug-likeness (QED) is 0.819. The number of carbonyl (C=O) groups is 3. The SMILES string of the molecule is Cc1cc(C)n(C(C)CC(=O)N(C)CC(=O)N2CCC(C(=O)O)CC2)n1. The van der Waals surface area contributed by atoms with E-state index in [0.29, 0.717) is 25.9 Å². The molecule has 1 unspecified atom stereocenters. The van der Waals surface area contributed by atoms with E-state index in [1.54, 1.807) is 11.9 Å². The molecule has 2 rings (SSSR count). The number of aliphatic carboxylic acids is 1. The number of carboxylic acid groups (broad SMARTS) is 1. The van der Waals surface area contributed by atoms with Gasteiger partial charge in [0.2, 0.25) is 11.8 Å². The van der Waals surface area contributed by atoms with Crippen molar-refractivity contribution in [2.75, 3.05) is 26.7 Å². The Morgan fingerprint density at radius 1 is 1.31 bits per heavy atom. The molecule has 0 radical (unpaired) electrons. The Morgan fingerprint density at radius 3 is 2.42 bits per heavy atom. The monoisotopic (exact) mass is 364 g/mol. The number of piperidine rings is 1. The highest BCUT2D eigenvalue weighted by atomic mass is 16.4. The van der Waals surface area contributed by atoms with Gasteiger partial charge in [0.25, 0.3) is 0 Å². The van der Waals surface area contributed by atoms with Gasteiger partial charge in [0.15, 0.2) is 0 Å². The largest absolute Gasteiger partial charge is 0.481 e. The maximum absolute atomic E-state index is 12.4. The second-order valence-electron chi connectivity index (χ2n) is 7.17. The summed E-state index contributed by atoms with van der Waals surface area (Å²) in [6, 6.07) is 1.88. The van der Waals surface area contributed by atoms with Crippen molar-refractivity contribution in [3.8, 4) is 0 Å². The van der Waals surface area contributed by atoms with Gasteiger partial charge >= 0.3 is 5.97 Å². The summed E-state index contributed by atoms with van der Waals surface area (Å²) >= 11 is 0. The van der Waals surface area contributed by atoms with Crippen molar-refractivity contribution in [1.29, 1.82) is 0 Å². The van der Waals surface area contributed by atoms with Crippen LogP contribution in [0.15, 0.2) is 6.07 Å². The lowest BCUT2D eigenvalue weighted by Crippen LogP contribution is -2.45. The van der Waals surface area contributed by atoms with Crippen LogP contribution in [0.5, 0.6) is 0 Å². The van der Waals surface area contributed by atoms with Gasteiger partial charge in [-0.2, -0.15) is 5.10 Å². The van der Waals surface area contributed by atoms with E-state index >= 15 is 0 Å². The number of likely N-dealkylation sites (tertiary alicyclic amines) is 1. The van der Waals surface area contributed by atoms with Gasteiger partial charge in [-0.3, -0.25) is 19.1 Å². The van der Waals surface area contributed by atoms with Gasteiger partial charge in [-0.15, -0.1) is 0 Å². The standard InChI is InChI=1S/C18H28N4O4/c1-12-9-13(2)22(19-12)14(3)10-16(23)20(4)11-17(24)21-7-5-15(6-8-21)18(25)26/h9,14-15H,5-8,10-11H2,1-4H3,(H,25,26). The van der Waals surface area contributed by atoms with Crippen molar-refractivity contribution in [2.45, 2.75) is 46.1 Å². The van der Waals surface area contributed by atoms with E-state index in [-0.39, 0.29) is 36.7 Å². The molecule has 144 valence electrons. The zero-order valence-corrected chi connectivity index (χ0v) is 15.9. The second kappa shape index (κ2) is 8.33. The Kier molecular flexibility index (Phi) is 6.39. The van der Waals surface area contributed by atoms with Gasteiger partial charge in [-0.1, -0.05) is 0 Å². The topological polar surface area (TPSA) is 95.7 Å². The molecule has 0 aromatic carbocycles. The van der Waals surface area contributed by atoms with E-state index < -0.39 is 5.97 Å². The van der Waals surface area contributed by atoms with Crippen LogP contribution in [0.4, 0.5) is 0 Å². The minimum absolute atomic E-state index is 0.0143. The molecule has 1 aliphatic heterocycles. The molecule has 26 heavy (non-hydrogen) atoms. The zero-order chi connectivity index (χ0) is 19.4. The number of likely N-dealkylation sites (N-methyl/N-ethyl adjacent to an activating group) is 1. The van der Waals surface area contributed by atoms with Crippen molar-refractivity contribution in [3.05, 3.63) is 17.5 Å². The van der Waals surface area contributed by atoms with E-state index in [1.165, 1.54) is 4.90 Å². The molecule has 2 amide bonds. The molecule has 2 heterocycles. The lowest BCUT2D eigenvalue weighted by atomic mass is 9.97. The molecule has 0 bridgehead atoms. The van der Waals surface area contributed by atoms with Crippen LogP contribution in [0.25, 0.3) is 0 Å². The lowest BCUT2D eigenvalue weighted by Gasteiger charge is -2.31. The lowest BCUT2D eigenvalue weighted by molar-refractivity contribution is -0.146. The van der Waals surface area contributed by atoms with Crippen molar-refractivity contribution >= 4 is 17.8 Å². The Labute approximate surface area is 153 Å². The number of nitrogens with zero attached hydrogens (tertiary/aromatic N) is 4. The maximum Gasteiger partial charge on any atom is 0.306 e. The highest BCUT2D eigenvalue weighted by Crippen LogP contribution is 2.18. The average molecular weight is 364 g/mol. The molecule has 8 heteroatoms. The third-order valence-corrected chi connectivity index (χ3v) is 4.93. The summed E-state index contributed by atoms with van der Waals surface area (Å²) in [6.45, 7) is 6.68. The van der Waals surface area contributed by atoms with Gasteiger partial charge in [-0.25, -0.2) is 0 Å². The average Bonchev–Trinajstić information content (AvgIpc) is 2.93. The second-order valence-corrected chi connectivity index (χ2v) is 7.17. The number of aryl methyl sites for hydroxylation is 2. The summed E-state index contributed by atoms with van der Waals surface area (Å²) in [6.07, 6.45) is 1.20. The van der Waals surface area contributed by atoms with E-state index in [0.717, 1.165) is 11.4 Å². The predicted molar refractivity (Wildman–Crippen MR) is 95.6 cm³/mol. The number of carbonyl (C=O) groups excluding carboxylic acids is 2. The molecule has 1 N–H and O–H groups in total. The first-order chi connectivity index (χ1) is 12.2. The van der Waals surface area contributed by atoms with Gasteiger partial charge in [0.05, 0.1) is 24.2 Å². The fourth-order valence-corrected chi connectivity index (χ4v) is 3.35. The van der Waals surface area contributed by atoms with Crippen LogP contribution in [0.1, 0.15) is 43.6 Å². The molecule has 8 nitrogen and oxygen atoms in total. The predicted octanol–water partition coefficient (Wildman–Crippen LogP) is 1.23. The van der Waals surface area contributed by atoms with Crippen molar-refractivity contribution < 1.29 is 19.5 Å². The number of hydrogen-bond acceptors (Lipinski definition) is 4. The van der Waals surface area contributed by atoms with Crippen LogP contribution in [0.2, 0.25) is 0 Å². The van der Waals surface area contributed by atoms with E-state index in [1.807, 2.05) is 31.5 Å². The third kappa shape index (κ3) is 4.83. The van der Waals surface area contributed by atoms with Crippen LogP contribution >= 0.6 is 0 Å². The fraction of sp³-hybridized carbons (Fsp3) is 0.667. The minimum Gasteiger partial charge on any atom is -0.481 e. The number of aromatic nitrogens is 2. The van der Waals surface area contributed by atoms with Gasteiger partial charge in [-0.05, 0) is 39.7 Å². The van der Waals surface area contributed by atoms with Crippen LogP contribution in [-0.4, -0.2) is 69.2 Å². The molecular weight excluding hydrogens is 336 g/mol. The molecule has 1 aromatic heterocycles. The number of rotatable bonds is 6. The number of hydrogen-bond donors (Lipinski definition) is 1. The van der Waals surface area contributed by atoms with Crippen LogP contribution < -0.4 is 0 Å². The van der Waals surface area contributed by atoms with Gasteiger partial charge < -0.3 is 14.9 Å². The van der Waals surface area contributed by atoms with Crippen LogP contribution in [0, 0.1) is 19.8 Å². The molecule has 0 spiro atoms. The highest BCUT2D eigenvalue weighted by molar-refractivity contribution is 5.85. The first-order valence-corrected chi connectivity index (χ1v) is 8.96. The van der Waals surface area contributed by atoms with E-state index in [9.17, 15) is 14.4 Å². The summed E-state index contributed by atoms with van der Waals surface area (Å²) in [4.78, 5) is 38.9. The Morgan fingerprint density at radius 2 is 1.92 bits per heavy atom. The summed E-state index contributed by atoms with van der Waals surface area (Å²) in [5.41, 5.74) is 1.91. The Hall–Kier alpha value is -2.38. The summed E-state index contributed by atoms with van der Waals surface area (Å²) in [7, 11) is 1.62. The first-order valence-electron chi connectivity index (χ1n) is 8.96. The molecule has 1 saturated heterocycles. The Balaban J connectivity index is 1.84. The Bertz CT molecular complexity index is 677. The maximum atomic E-state index is 12.4. The van der Waals surface area contributed by atoms with Crippen molar-refractivity contribution in [2.24, 2.45) is 5.92 Å². The normalized spacial score (nSPS) is 16.4. The zero-order valence-electron chi connectivity index (χ0n) is 15.9. The minimum atomic E-state index is -0.803. The van der Waals surface area contributed by atoms with Gasteiger partial charge in [0.1, 0.15) is 0 Å². The number of amides is 2. The fourth-order valence-electron chi connectivity index (χ4n) is 3.35. The molecule has 1 fully saturated rings. The molecule has 1 aromatic rings. The summed E-state index contributed by atoms with van der Waals surface area (Å²) in [5.74, 6) is -1.43. The third-order valence-electron chi connectivity index (χ3n) is 4.93. The van der Waals surface area contributed by atoms with Gasteiger partial charge in [0, 0.05) is 32.3 Å². The molecular formula is C18H28N4O4.